The Morgan fingerprint density at radius 2 is 2.05 bits per heavy atom. The summed E-state index contributed by atoms with van der Waals surface area (Å²) in [6.45, 7) is 3.91. The molecule has 1 aliphatic carbocycles. The molecule has 1 aliphatic rings. The molecule has 0 radical (unpaired) electrons. The number of hydrogen-bond donors (Lipinski definition) is 0. The summed E-state index contributed by atoms with van der Waals surface area (Å²) in [5.41, 5.74) is 2.58. The Hall–Kier alpha value is -1.84. The van der Waals surface area contributed by atoms with Crippen molar-refractivity contribution in [2.75, 3.05) is 0 Å². The molecular formula is C17H22N2O2. The third kappa shape index (κ3) is 2.94. The van der Waals surface area contributed by atoms with E-state index < -0.39 is 0 Å². The standard InChI is InChI=1S/C17H22N2O2/c1-12(2)21-16-8-17-18-15(13-6-4-3-5-7-13)10-19(17)9-14(16)11-20/h8-13H,3-7H2,1-2H3. The molecule has 0 atom stereocenters. The van der Waals surface area contributed by atoms with Crippen LogP contribution < -0.4 is 4.74 Å². The van der Waals surface area contributed by atoms with Crippen LogP contribution in [0.4, 0.5) is 0 Å². The van der Waals surface area contributed by atoms with E-state index in [1.54, 1.807) is 0 Å². The van der Waals surface area contributed by atoms with E-state index >= 15 is 0 Å². The monoisotopic (exact) mass is 286 g/mol. The van der Waals surface area contributed by atoms with E-state index in [9.17, 15) is 4.79 Å². The fraction of sp³-hybridized carbons (Fsp3) is 0.529. The molecule has 0 spiro atoms. The number of pyridine rings is 1. The van der Waals surface area contributed by atoms with Crippen molar-refractivity contribution in [3.05, 3.63) is 29.7 Å². The third-order valence-electron chi connectivity index (χ3n) is 4.12. The molecule has 0 aliphatic heterocycles. The van der Waals surface area contributed by atoms with Crippen molar-refractivity contribution in [3.63, 3.8) is 0 Å². The van der Waals surface area contributed by atoms with Gasteiger partial charge in [-0.25, -0.2) is 4.98 Å². The van der Waals surface area contributed by atoms with E-state index in [0.717, 1.165) is 17.6 Å². The number of rotatable bonds is 4. The van der Waals surface area contributed by atoms with Crippen molar-refractivity contribution in [1.82, 2.24) is 9.38 Å². The SMILES string of the molecule is CC(C)Oc1cc2nc(C3CCCCC3)cn2cc1C=O. The molecule has 1 saturated carbocycles. The molecule has 0 bridgehead atoms. The minimum absolute atomic E-state index is 0.0407. The summed E-state index contributed by atoms with van der Waals surface area (Å²) in [5.74, 6) is 1.18. The minimum atomic E-state index is 0.0407. The molecule has 4 heteroatoms. The number of hydrogen-bond acceptors (Lipinski definition) is 3. The van der Waals surface area contributed by atoms with Gasteiger partial charge in [-0.1, -0.05) is 19.3 Å². The van der Waals surface area contributed by atoms with Crippen molar-refractivity contribution in [2.24, 2.45) is 0 Å². The van der Waals surface area contributed by atoms with Crippen molar-refractivity contribution in [3.8, 4) is 5.75 Å². The molecule has 1 fully saturated rings. The second-order valence-electron chi connectivity index (χ2n) is 6.14. The molecule has 2 heterocycles. The van der Waals surface area contributed by atoms with Crippen LogP contribution >= 0.6 is 0 Å². The summed E-state index contributed by atoms with van der Waals surface area (Å²) < 4.78 is 7.66. The quantitative estimate of drug-likeness (QED) is 0.798. The Morgan fingerprint density at radius 1 is 1.29 bits per heavy atom. The largest absolute Gasteiger partial charge is 0.490 e. The van der Waals surface area contributed by atoms with E-state index in [4.69, 9.17) is 9.72 Å². The fourth-order valence-electron chi connectivity index (χ4n) is 3.09. The van der Waals surface area contributed by atoms with E-state index in [0.29, 0.717) is 17.2 Å². The zero-order valence-electron chi connectivity index (χ0n) is 12.7. The maximum absolute atomic E-state index is 11.2. The molecule has 2 aromatic heterocycles. The van der Waals surface area contributed by atoms with Crippen molar-refractivity contribution in [1.29, 1.82) is 0 Å². The molecule has 0 aromatic carbocycles. The molecule has 0 saturated heterocycles. The zero-order valence-corrected chi connectivity index (χ0v) is 12.7. The van der Waals surface area contributed by atoms with E-state index in [1.165, 1.54) is 32.1 Å². The summed E-state index contributed by atoms with van der Waals surface area (Å²) in [4.78, 5) is 16.0. The number of imidazole rings is 1. The molecular weight excluding hydrogens is 264 g/mol. The van der Waals surface area contributed by atoms with Gasteiger partial charge in [0.15, 0.2) is 6.29 Å². The van der Waals surface area contributed by atoms with Gasteiger partial charge >= 0.3 is 0 Å². The van der Waals surface area contributed by atoms with Gasteiger partial charge in [0, 0.05) is 24.4 Å². The highest BCUT2D eigenvalue weighted by Gasteiger charge is 2.19. The van der Waals surface area contributed by atoms with Crippen molar-refractivity contribution in [2.45, 2.75) is 58.0 Å². The first-order valence-corrected chi connectivity index (χ1v) is 7.82. The van der Waals surface area contributed by atoms with Gasteiger partial charge < -0.3 is 9.14 Å². The van der Waals surface area contributed by atoms with Gasteiger partial charge in [-0.05, 0) is 26.7 Å². The lowest BCUT2D eigenvalue weighted by molar-refractivity contribution is 0.111. The van der Waals surface area contributed by atoms with Gasteiger partial charge in [-0.15, -0.1) is 0 Å². The van der Waals surface area contributed by atoms with Crippen LogP contribution in [0, 0.1) is 0 Å². The minimum Gasteiger partial charge on any atom is -0.490 e. The molecule has 2 aromatic rings. The lowest BCUT2D eigenvalue weighted by Crippen LogP contribution is -2.08. The van der Waals surface area contributed by atoms with Crippen LogP contribution in [0.3, 0.4) is 0 Å². The molecule has 0 amide bonds. The molecule has 4 nitrogen and oxygen atoms in total. The Kier molecular flexibility index (Phi) is 3.95. The zero-order chi connectivity index (χ0) is 14.8. The highest BCUT2D eigenvalue weighted by atomic mass is 16.5. The van der Waals surface area contributed by atoms with Crippen molar-refractivity contribution >= 4 is 11.9 Å². The van der Waals surface area contributed by atoms with Crippen LogP contribution in [0.1, 0.15) is 67.9 Å². The second kappa shape index (κ2) is 5.88. The van der Waals surface area contributed by atoms with Crippen LogP contribution in [-0.4, -0.2) is 21.8 Å². The van der Waals surface area contributed by atoms with Gasteiger partial charge in [0.25, 0.3) is 0 Å². The maximum Gasteiger partial charge on any atom is 0.155 e. The first-order valence-electron chi connectivity index (χ1n) is 7.82. The smallest absolute Gasteiger partial charge is 0.155 e. The summed E-state index contributed by atoms with van der Waals surface area (Å²) in [7, 11) is 0. The lowest BCUT2D eigenvalue weighted by Gasteiger charge is -2.19. The number of ether oxygens (including phenoxy) is 1. The summed E-state index contributed by atoms with van der Waals surface area (Å²) in [6.07, 6.45) is 11.1. The summed E-state index contributed by atoms with van der Waals surface area (Å²) in [5, 5.41) is 0. The van der Waals surface area contributed by atoms with Gasteiger partial charge in [0.2, 0.25) is 0 Å². The number of aldehydes is 1. The number of carbonyl (C=O) groups excluding carboxylic acids is 1. The number of carbonyl (C=O) groups is 1. The van der Waals surface area contributed by atoms with Gasteiger partial charge in [-0.2, -0.15) is 0 Å². The Bertz CT molecular complexity index is 640. The third-order valence-corrected chi connectivity index (χ3v) is 4.12. The van der Waals surface area contributed by atoms with E-state index in [2.05, 4.69) is 6.20 Å². The summed E-state index contributed by atoms with van der Waals surface area (Å²) in [6, 6.07) is 1.87. The Balaban J connectivity index is 1.98. The van der Waals surface area contributed by atoms with Gasteiger partial charge in [-0.3, -0.25) is 4.79 Å². The second-order valence-corrected chi connectivity index (χ2v) is 6.14. The average molecular weight is 286 g/mol. The van der Waals surface area contributed by atoms with Gasteiger partial charge in [0.05, 0.1) is 17.4 Å². The maximum atomic E-state index is 11.2. The summed E-state index contributed by atoms with van der Waals surface area (Å²) >= 11 is 0. The highest BCUT2D eigenvalue weighted by Crippen LogP contribution is 2.32. The van der Waals surface area contributed by atoms with Crippen LogP contribution in [0.15, 0.2) is 18.5 Å². The van der Waals surface area contributed by atoms with Gasteiger partial charge in [0.1, 0.15) is 11.4 Å². The molecule has 3 rings (SSSR count). The fourth-order valence-corrected chi connectivity index (χ4v) is 3.09. The molecule has 21 heavy (non-hydrogen) atoms. The Morgan fingerprint density at radius 3 is 2.71 bits per heavy atom. The highest BCUT2D eigenvalue weighted by molar-refractivity contribution is 5.80. The predicted octanol–water partition coefficient (Wildman–Crippen LogP) is 3.98. The Labute approximate surface area is 125 Å². The van der Waals surface area contributed by atoms with E-state index in [-0.39, 0.29) is 6.10 Å². The molecule has 0 N–H and O–H groups in total. The number of aromatic nitrogens is 2. The average Bonchev–Trinajstić information content (AvgIpc) is 2.89. The normalized spacial score (nSPS) is 16.5. The van der Waals surface area contributed by atoms with Crippen LogP contribution in [0.2, 0.25) is 0 Å². The first kappa shape index (κ1) is 14.1. The lowest BCUT2D eigenvalue weighted by atomic mass is 9.87. The van der Waals surface area contributed by atoms with Crippen LogP contribution in [-0.2, 0) is 0 Å². The molecule has 112 valence electrons. The van der Waals surface area contributed by atoms with Crippen LogP contribution in [0.25, 0.3) is 5.65 Å². The van der Waals surface area contributed by atoms with Crippen molar-refractivity contribution < 1.29 is 9.53 Å². The topological polar surface area (TPSA) is 43.6 Å². The molecule has 0 unspecified atom stereocenters. The first-order chi connectivity index (χ1) is 10.2. The predicted molar refractivity (Wildman–Crippen MR) is 82.2 cm³/mol. The van der Waals surface area contributed by atoms with E-state index in [1.807, 2.05) is 30.5 Å². The van der Waals surface area contributed by atoms with Crippen LogP contribution in [0.5, 0.6) is 5.75 Å². The number of nitrogens with zero attached hydrogens (tertiary/aromatic N) is 2. The number of fused-ring (bicyclic) bond motifs is 1.